The van der Waals surface area contributed by atoms with Gasteiger partial charge in [0.05, 0.1) is 10.8 Å². The van der Waals surface area contributed by atoms with Crippen LogP contribution in [0.5, 0.6) is 0 Å². The van der Waals surface area contributed by atoms with Crippen LogP contribution < -0.4 is 5.32 Å². The summed E-state index contributed by atoms with van der Waals surface area (Å²) in [5.41, 5.74) is 1.06. The van der Waals surface area contributed by atoms with Crippen LogP contribution in [0.25, 0.3) is 11.4 Å². The molecule has 0 unspecified atom stereocenters. The standard InChI is InChI=1S/C17H18ClN5OS2/c1-3-4-13-7-11(9-25-13)16-21-22-17(23(16)2)26-10-15(24)20-14-6-5-12(18)8-19-14/h5-9H,3-4,10H2,1-2H3,(H,19,20,24). The summed E-state index contributed by atoms with van der Waals surface area (Å²) >= 11 is 8.86. The first-order chi connectivity index (χ1) is 12.6. The van der Waals surface area contributed by atoms with Crippen LogP contribution in [-0.2, 0) is 18.3 Å². The number of carbonyl (C=O) groups excluding carboxylic acids is 1. The summed E-state index contributed by atoms with van der Waals surface area (Å²) in [6, 6.07) is 5.50. The predicted octanol–water partition coefficient (Wildman–Crippen LogP) is 4.28. The molecular formula is C17H18ClN5OS2. The van der Waals surface area contributed by atoms with Crippen molar-refractivity contribution in [1.29, 1.82) is 0 Å². The highest BCUT2D eigenvalue weighted by Crippen LogP contribution is 2.27. The van der Waals surface area contributed by atoms with Crippen LogP contribution in [0.3, 0.4) is 0 Å². The fraction of sp³-hybridized carbons (Fsp3) is 0.294. The minimum Gasteiger partial charge on any atom is -0.310 e. The number of carbonyl (C=O) groups is 1. The molecule has 1 N–H and O–H groups in total. The van der Waals surface area contributed by atoms with Gasteiger partial charge >= 0.3 is 0 Å². The number of pyridine rings is 1. The normalized spacial score (nSPS) is 10.9. The van der Waals surface area contributed by atoms with E-state index in [1.165, 1.54) is 22.8 Å². The highest BCUT2D eigenvalue weighted by Gasteiger charge is 2.14. The molecule has 1 amide bonds. The lowest BCUT2D eigenvalue weighted by Crippen LogP contribution is -2.15. The highest BCUT2D eigenvalue weighted by molar-refractivity contribution is 7.99. The zero-order valence-electron chi connectivity index (χ0n) is 14.4. The number of nitrogens with zero attached hydrogens (tertiary/aromatic N) is 4. The van der Waals surface area contributed by atoms with Gasteiger partial charge in [0, 0.05) is 29.1 Å². The molecule has 6 nitrogen and oxygen atoms in total. The second kappa shape index (κ2) is 8.66. The maximum Gasteiger partial charge on any atom is 0.236 e. The van der Waals surface area contributed by atoms with E-state index in [-0.39, 0.29) is 11.7 Å². The summed E-state index contributed by atoms with van der Waals surface area (Å²) in [7, 11) is 1.91. The summed E-state index contributed by atoms with van der Waals surface area (Å²) < 4.78 is 1.91. The molecule has 0 spiro atoms. The van der Waals surface area contributed by atoms with E-state index in [9.17, 15) is 4.79 Å². The molecule has 3 aromatic rings. The number of anilines is 1. The van der Waals surface area contributed by atoms with Crippen LogP contribution in [0.4, 0.5) is 5.82 Å². The number of hydrogen-bond acceptors (Lipinski definition) is 6. The molecule has 0 bridgehead atoms. The van der Waals surface area contributed by atoms with Gasteiger partial charge in [-0.25, -0.2) is 4.98 Å². The molecule has 0 aliphatic rings. The number of aryl methyl sites for hydroxylation is 1. The van der Waals surface area contributed by atoms with Crippen molar-refractivity contribution >= 4 is 46.4 Å². The Hall–Kier alpha value is -1.90. The zero-order valence-corrected chi connectivity index (χ0v) is 16.8. The Bertz CT molecular complexity index is 891. The molecule has 9 heteroatoms. The third-order valence-electron chi connectivity index (χ3n) is 3.57. The van der Waals surface area contributed by atoms with E-state index in [1.807, 2.05) is 11.6 Å². The van der Waals surface area contributed by atoms with E-state index in [0.717, 1.165) is 24.2 Å². The highest BCUT2D eigenvalue weighted by atomic mass is 35.5. The summed E-state index contributed by atoms with van der Waals surface area (Å²) in [4.78, 5) is 17.5. The number of thioether (sulfide) groups is 1. The Balaban J connectivity index is 1.60. The largest absolute Gasteiger partial charge is 0.310 e. The third-order valence-corrected chi connectivity index (χ3v) is 5.81. The van der Waals surface area contributed by atoms with E-state index >= 15 is 0 Å². The lowest BCUT2D eigenvalue weighted by atomic mass is 10.2. The number of amides is 1. The average Bonchev–Trinajstić information content (AvgIpc) is 3.22. The Kier molecular flexibility index (Phi) is 6.29. The second-order valence-electron chi connectivity index (χ2n) is 5.62. The molecule has 0 aliphatic heterocycles. The second-order valence-corrected chi connectivity index (χ2v) is 7.99. The average molecular weight is 408 g/mol. The molecule has 0 atom stereocenters. The van der Waals surface area contributed by atoms with Gasteiger partial charge < -0.3 is 9.88 Å². The summed E-state index contributed by atoms with van der Waals surface area (Å²) in [6.07, 6.45) is 3.69. The Morgan fingerprint density at radius 2 is 2.23 bits per heavy atom. The molecular weight excluding hydrogens is 390 g/mol. The van der Waals surface area contributed by atoms with Crippen molar-refractivity contribution in [3.8, 4) is 11.4 Å². The Labute approximate surface area is 165 Å². The molecule has 136 valence electrons. The van der Waals surface area contributed by atoms with E-state index < -0.39 is 0 Å². The number of halogens is 1. The van der Waals surface area contributed by atoms with Crippen molar-refractivity contribution in [3.05, 3.63) is 39.7 Å². The van der Waals surface area contributed by atoms with Crippen LogP contribution in [0, 0.1) is 0 Å². The van der Waals surface area contributed by atoms with Gasteiger partial charge in [0.25, 0.3) is 0 Å². The van der Waals surface area contributed by atoms with Crippen LogP contribution in [0.15, 0.2) is 34.9 Å². The molecule has 26 heavy (non-hydrogen) atoms. The summed E-state index contributed by atoms with van der Waals surface area (Å²) in [5.74, 6) is 1.35. The van der Waals surface area contributed by atoms with Crippen LogP contribution >= 0.6 is 34.7 Å². The fourth-order valence-corrected chi connectivity index (χ4v) is 4.12. The van der Waals surface area contributed by atoms with Gasteiger partial charge in [-0.3, -0.25) is 4.79 Å². The van der Waals surface area contributed by atoms with Gasteiger partial charge in [0.1, 0.15) is 5.82 Å². The van der Waals surface area contributed by atoms with Crippen molar-refractivity contribution in [2.45, 2.75) is 24.9 Å². The number of rotatable bonds is 7. The molecule has 0 radical (unpaired) electrons. The molecule has 0 saturated carbocycles. The number of thiophene rings is 1. The van der Waals surface area contributed by atoms with E-state index in [1.54, 1.807) is 23.5 Å². The van der Waals surface area contributed by atoms with Crippen molar-refractivity contribution in [1.82, 2.24) is 19.7 Å². The maximum absolute atomic E-state index is 12.1. The van der Waals surface area contributed by atoms with Gasteiger partial charge in [-0.1, -0.05) is 36.7 Å². The van der Waals surface area contributed by atoms with Gasteiger partial charge in [-0.2, -0.15) is 0 Å². The maximum atomic E-state index is 12.1. The van der Waals surface area contributed by atoms with E-state index in [0.29, 0.717) is 16.0 Å². The monoisotopic (exact) mass is 407 g/mol. The van der Waals surface area contributed by atoms with Gasteiger partial charge in [-0.05, 0) is 24.6 Å². The zero-order chi connectivity index (χ0) is 18.5. The lowest BCUT2D eigenvalue weighted by molar-refractivity contribution is -0.113. The van der Waals surface area contributed by atoms with Crippen LogP contribution in [0.1, 0.15) is 18.2 Å². The topological polar surface area (TPSA) is 72.7 Å². The SMILES string of the molecule is CCCc1cc(-c2nnc(SCC(=O)Nc3ccc(Cl)cn3)n2C)cs1. The molecule has 0 aliphatic carbocycles. The Morgan fingerprint density at radius 3 is 2.96 bits per heavy atom. The van der Waals surface area contributed by atoms with Gasteiger partial charge in [-0.15, -0.1) is 21.5 Å². The van der Waals surface area contributed by atoms with Crippen LogP contribution in [0.2, 0.25) is 5.02 Å². The van der Waals surface area contributed by atoms with Gasteiger partial charge in [0.15, 0.2) is 11.0 Å². The first-order valence-electron chi connectivity index (χ1n) is 8.08. The smallest absolute Gasteiger partial charge is 0.236 e. The molecule has 3 rings (SSSR count). The fourth-order valence-electron chi connectivity index (χ4n) is 2.33. The van der Waals surface area contributed by atoms with Crippen LogP contribution in [-0.4, -0.2) is 31.4 Å². The third kappa shape index (κ3) is 4.63. The first kappa shape index (κ1) is 18.9. The van der Waals surface area contributed by atoms with Crippen molar-refractivity contribution in [2.75, 3.05) is 11.1 Å². The van der Waals surface area contributed by atoms with Crippen molar-refractivity contribution in [2.24, 2.45) is 7.05 Å². The quantitative estimate of drug-likeness (QED) is 0.592. The Morgan fingerprint density at radius 1 is 1.38 bits per heavy atom. The van der Waals surface area contributed by atoms with Crippen molar-refractivity contribution < 1.29 is 4.79 Å². The van der Waals surface area contributed by atoms with Crippen molar-refractivity contribution in [3.63, 3.8) is 0 Å². The number of nitrogens with one attached hydrogen (secondary N) is 1. The minimum absolute atomic E-state index is 0.157. The molecule has 0 fully saturated rings. The number of hydrogen-bond donors (Lipinski definition) is 1. The summed E-state index contributed by atoms with van der Waals surface area (Å²) in [5, 5.41) is 14.5. The minimum atomic E-state index is -0.157. The lowest BCUT2D eigenvalue weighted by Gasteiger charge is -2.04. The van der Waals surface area contributed by atoms with E-state index in [4.69, 9.17) is 11.6 Å². The molecule has 0 saturated heterocycles. The van der Waals surface area contributed by atoms with E-state index in [2.05, 4.69) is 38.9 Å². The summed E-state index contributed by atoms with van der Waals surface area (Å²) in [6.45, 7) is 2.17. The first-order valence-corrected chi connectivity index (χ1v) is 10.3. The predicted molar refractivity (Wildman–Crippen MR) is 107 cm³/mol. The number of aromatic nitrogens is 4. The molecule has 3 aromatic heterocycles. The molecule has 3 heterocycles. The van der Waals surface area contributed by atoms with Gasteiger partial charge in [0.2, 0.25) is 5.91 Å². The molecule has 0 aromatic carbocycles.